The highest BCUT2D eigenvalue weighted by atomic mass is 19.1. The average molecular weight is 526 g/mol. The van der Waals surface area contributed by atoms with Crippen LogP contribution in [0.25, 0.3) is 11.0 Å². The summed E-state index contributed by atoms with van der Waals surface area (Å²) in [6.45, 7) is -0.112. The molecule has 0 saturated carbocycles. The zero-order valence-corrected chi connectivity index (χ0v) is 20.9. The van der Waals surface area contributed by atoms with Gasteiger partial charge in [-0.15, -0.1) is 5.10 Å². The van der Waals surface area contributed by atoms with Crippen LogP contribution in [0, 0.1) is 11.6 Å². The molecular weight excluding hydrogens is 500 g/mol. The van der Waals surface area contributed by atoms with Crippen molar-refractivity contribution in [3.63, 3.8) is 0 Å². The van der Waals surface area contributed by atoms with Crippen molar-refractivity contribution in [3.05, 3.63) is 131 Å². The van der Waals surface area contributed by atoms with Crippen LogP contribution < -0.4 is 5.32 Å². The van der Waals surface area contributed by atoms with Crippen molar-refractivity contribution in [2.45, 2.75) is 25.7 Å². The van der Waals surface area contributed by atoms with E-state index in [0.29, 0.717) is 16.6 Å². The molecule has 0 saturated heterocycles. The fraction of sp³-hybridized carbons (Fsp3) is 0.133. The maximum atomic E-state index is 15.2. The summed E-state index contributed by atoms with van der Waals surface area (Å²) >= 11 is 0. The third-order valence-corrected chi connectivity index (χ3v) is 6.36. The summed E-state index contributed by atoms with van der Waals surface area (Å²) in [7, 11) is 0. The normalized spacial score (nSPS) is 11.7. The Hall–Kier alpha value is -4.92. The Bertz CT molecular complexity index is 1590. The molecule has 0 aliphatic heterocycles. The Morgan fingerprint density at radius 3 is 2.28 bits per heavy atom. The van der Waals surface area contributed by atoms with Gasteiger partial charge in [0.15, 0.2) is 0 Å². The van der Waals surface area contributed by atoms with E-state index < -0.39 is 29.5 Å². The third kappa shape index (κ3) is 5.98. The van der Waals surface area contributed by atoms with E-state index in [0.717, 1.165) is 5.56 Å². The van der Waals surface area contributed by atoms with Crippen LogP contribution in [0.4, 0.5) is 8.78 Å². The van der Waals surface area contributed by atoms with E-state index in [1.54, 1.807) is 18.2 Å². The van der Waals surface area contributed by atoms with E-state index in [1.165, 1.54) is 52.0 Å². The van der Waals surface area contributed by atoms with Crippen LogP contribution in [0.2, 0.25) is 0 Å². The number of aromatic nitrogens is 3. The first-order valence-corrected chi connectivity index (χ1v) is 12.4. The van der Waals surface area contributed by atoms with E-state index >= 15 is 4.39 Å². The van der Waals surface area contributed by atoms with Gasteiger partial charge in [-0.1, -0.05) is 78.0 Å². The fourth-order valence-electron chi connectivity index (χ4n) is 4.39. The molecule has 4 aromatic carbocycles. The Kier molecular flexibility index (Phi) is 7.68. The standard InChI is InChI=1S/C30H25F2N5O2/c31-23-16-14-22(15-17-23)19-36(28(38)20-37-27-13-7-6-12-26(27)34-35-37)29(24-10-4-5-11-25(24)32)30(39)33-18-21-8-2-1-3-9-21/h1-17,29H,18-20H2,(H,33,39). The van der Waals surface area contributed by atoms with Gasteiger partial charge in [0.2, 0.25) is 11.8 Å². The maximum Gasteiger partial charge on any atom is 0.247 e. The minimum atomic E-state index is -1.30. The molecule has 5 aromatic rings. The monoisotopic (exact) mass is 525 g/mol. The molecule has 0 aliphatic rings. The van der Waals surface area contributed by atoms with Crippen molar-refractivity contribution in [2.24, 2.45) is 0 Å². The molecular formula is C30H25F2N5O2. The van der Waals surface area contributed by atoms with E-state index in [1.807, 2.05) is 42.5 Å². The SMILES string of the molecule is O=C(NCc1ccccc1)C(c1ccccc1F)N(Cc1ccc(F)cc1)C(=O)Cn1nnc2ccccc21. The summed E-state index contributed by atoms with van der Waals surface area (Å²) in [6.07, 6.45) is 0. The molecule has 1 N–H and O–H groups in total. The molecule has 0 bridgehead atoms. The van der Waals surface area contributed by atoms with Gasteiger partial charge in [-0.05, 0) is 41.5 Å². The number of rotatable bonds is 9. The number of hydrogen-bond donors (Lipinski definition) is 1. The molecule has 5 rings (SSSR count). The molecule has 1 atom stereocenters. The van der Waals surface area contributed by atoms with E-state index in [2.05, 4.69) is 15.6 Å². The first-order chi connectivity index (χ1) is 19.0. The van der Waals surface area contributed by atoms with Crippen molar-refractivity contribution >= 4 is 22.8 Å². The highest BCUT2D eigenvalue weighted by molar-refractivity contribution is 5.89. The first-order valence-electron chi connectivity index (χ1n) is 12.4. The number of hydrogen-bond acceptors (Lipinski definition) is 4. The molecule has 0 radical (unpaired) electrons. The molecule has 1 heterocycles. The number of fused-ring (bicyclic) bond motifs is 1. The second-order valence-electron chi connectivity index (χ2n) is 9.01. The van der Waals surface area contributed by atoms with Gasteiger partial charge in [-0.25, -0.2) is 13.5 Å². The third-order valence-electron chi connectivity index (χ3n) is 6.36. The Balaban J connectivity index is 1.52. The summed E-state index contributed by atoms with van der Waals surface area (Å²) in [4.78, 5) is 28.9. The van der Waals surface area contributed by atoms with Crippen molar-refractivity contribution in [3.8, 4) is 0 Å². The number of carbonyl (C=O) groups excluding carboxylic acids is 2. The largest absolute Gasteiger partial charge is 0.350 e. The van der Waals surface area contributed by atoms with Crippen LogP contribution in [0.3, 0.4) is 0 Å². The molecule has 0 spiro atoms. The lowest BCUT2D eigenvalue weighted by molar-refractivity contribution is -0.142. The van der Waals surface area contributed by atoms with Gasteiger partial charge in [0.25, 0.3) is 0 Å². The van der Waals surface area contributed by atoms with Crippen LogP contribution in [0.1, 0.15) is 22.7 Å². The van der Waals surface area contributed by atoms with Crippen LogP contribution in [0.5, 0.6) is 0 Å². The molecule has 9 heteroatoms. The Morgan fingerprint density at radius 2 is 1.51 bits per heavy atom. The lowest BCUT2D eigenvalue weighted by atomic mass is 10.0. The summed E-state index contributed by atoms with van der Waals surface area (Å²) in [5.41, 5.74) is 2.72. The van der Waals surface area contributed by atoms with Gasteiger partial charge in [-0.3, -0.25) is 9.59 Å². The summed E-state index contributed by atoms with van der Waals surface area (Å²) in [5.74, 6) is -2.10. The molecule has 7 nitrogen and oxygen atoms in total. The van der Waals surface area contributed by atoms with Crippen molar-refractivity contribution in [2.75, 3.05) is 0 Å². The van der Waals surface area contributed by atoms with Crippen LogP contribution in [0.15, 0.2) is 103 Å². The van der Waals surface area contributed by atoms with Gasteiger partial charge in [0.1, 0.15) is 29.7 Å². The fourth-order valence-corrected chi connectivity index (χ4v) is 4.39. The second-order valence-corrected chi connectivity index (χ2v) is 9.01. The van der Waals surface area contributed by atoms with Gasteiger partial charge in [0.05, 0.1) is 5.52 Å². The van der Waals surface area contributed by atoms with E-state index in [9.17, 15) is 14.0 Å². The van der Waals surface area contributed by atoms with Crippen LogP contribution >= 0.6 is 0 Å². The number of carbonyl (C=O) groups is 2. The number of nitrogens with zero attached hydrogens (tertiary/aromatic N) is 4. The molecule has 1 aromatic heterocycles. The zero-order chi connectivity index (χ0) is 27.2. The minimum Gasteiger partial charge on any atom is -0.350 e. The minimum absolute atomic E-state index is 0.0435. The highest BCUT2D eigenvalue weighted by Crippen LogP contribution is 2.27. The van der Waals surface area contributed by atoms with Gasteiger partial charge >= 0.3 is 0 Å². The second kappa shape index (κ2) is 11.6. The molecule has 39 heavy (non-hydrogen) atoms. The van der Waals surface area contributed by atoms with Crippen LogP contribution in [-0.2, 0) is 29.2 Å². The Morgan fingerprint density at radius 1 is 0.821 bits per heavy atom. The quantitative estimate of drug-likeness (QED) is 0.300. The predicted octanol–water partition coefficient (Wildman–Crippen LogP) is 4.80. The summed E-state index contributed by atoms with van der Waals surface area (Å²) in [5, 5.41) is 11.1. The van der Waals surface area contributed by atoms with Crippen molar-refractivity contribution < 1.29 is 18.4 Å². The smallest absolute Gasteiger partial charge is 0.247 e. The number of halogens is 2. The van der Waals surface area contributed by atoms with Gasteiger partial charge in [0, 0.05) is 18.7 Å². The predicted molar refractivity (Wildman–Crippen MR) is 142 cm³/mol. The van der Waals surface area contributed by atoms with Crippen molar-refractivity contribution in [1.82, 2.24) is 25.2 Å². The zero-order valence-electron chi connectivity index (χ0n) is 20.9. The lowest BCUT2D eigenvalue weighted by Crippen LogP contribution is -2.44. The highest BCUT2D eigenvalue weighted by Gasteiger charge is 2.33. The molecule has 196 valence electrons. The number of nitrogens with one attached hydrogen (secondary N) is 1. The van der Waals surface area contributed by atoms with Crippen molar-refractivity contribution in [1.29, 1.82) is 0 Å². The number of para-hydroxylation sites is 1. The van der Waals surface area contributed by atoms with E-state index in [-0.39, 0.29) is 25.2 Å². The first kappa shape index (κ1) is 25.7. The topological polar surface area (TPSA) is 80.1 Å². The summed E-state index contributed by atoms with van der Waals surface area (Å²) in [6, 6.07) is 26.6. The van der Waals surface area contributed by atoms with Gasteiger partial charge < -0.3 is 10.2 Å². The van der Waals surface area contributed by atoms with E-state index in [4.69, 9.17) is 0 Å². The van der Waals surface area contributed by atoms with Crippen LogP contribution in [-0.4, -0.2) is 31.7 Å². The number of benzene rings is 4. The molecule has 0 aliphatic carbocycles. The lowest BCUT2D eigenvalue weighted by Gasteiger charge is -2.32. The van der Waals surface area contributed by atoms with Gasteiger partial charge in [-0.2, -0.15) is 0 Å². The molecule has 2 amide bonds. The Labute approximate surface area is 223 Å². The maximum absolute atomic E-state index is 15.2. The number of amides is 2. The summed E-state index contributed by atoms with van der Waals surface area (Å²) < 4.78 is 30.2. The average Bonchev–Trinajstić information content (AvgIpc) is 3.36. The molecule has 0 fully saturated rings. The molecule has 1 unspecified atom stereocenters.